The summed E-state index contributed by atoms with van der Waals surface area (Å²) < 4.78 is 5.76. The molecule has 144 valence electrons. The zero-order valence-electron chi connectivity index (χ0n) is 16.2. The molecular weight excluding hydrogens is 380 g/mol. The van der Waals surface area contributed by atoms with Gasteiger partial charge in [0.15, 0.2) is 5.13 Å². The average Bonchev–Trinajstić information content (AvgIpc) is 3.17. The highest BCUT2D eigenvalue weighted by Gasteiger charge is 2.11. The molecular formula is C24H20N2O2S. The number of anilines is 1. The second-order valence-corrected chi connectivity index (χ2v) is 7.61. The van der Waals surface area contributed by atoms with Gasteiger partial charge in [-0.1, -0.05) is 42.0 Å². The summed E-state index contributed by atoms with van der Waals surface area (Å²) in [5, 5.41) is 5.42. The molecule has 0 unspecified atom stereocenters. The lowest BCUT2D eigenvalue weighted by atomic mass is 10.0. The Morgan fingerprint density at radius 2 is 1.66 bits per heavy atom. The van der Waals surface area contributed by atoms with E-state index in [4.69, 9.17) is 4.74 Å². The number of hydrogen-bond donors (Lipinski definition) is 1. The van der Waals surface area contributed by atoms with Crippen molar-refractivity contribution in [2.45, 2.75) is 13.8 Å². The topological polar surface area (TPSA) is 51.2 Å². The van der Waals surface area contributed by atoms with E-state index in [1.807, 2.05) is 35.7 Å². The molecule has 3 aromatic carbocycles. The van der Waals surface area contributed by atoms with Crippen LogP contribution >= 0.6 is 11.3 Å². The fraction of sp³-hybridized carbons (Fsp3) is 0.0833. The predicted molar refractivity (Wildman–Crippen MR) is 118 cm³/mol. The number of nitrogens with one attached hydrogen (secondary N) is 1. The average molecular weight is 401 g/mol. The van der Waals surface area contributed by atoms with Gasteiger partial charge in [0, 0.05) is 16.5 Å². The molecule has 1 N–H and O–H groups in total. The van der Waals surface area contributed by atoms with E-state index in [2.05, 4.69) is 42.3 Å². The second kappa shape index (κ2) is 8.29. The van der Waals surface area contributed by atoms with Crippen molar-refractivity contribution in [1.82, 2.24) is 4.98 Å². The summed E-state index contributed by atoms with van der Waals surface area (Å²) >= 11 is 1.42. The molecule has 1 aromatic heterocycles. The number of aromatic nitrogens is 1. The van der Waals surface area contributed by atoms with E-state index in [0.717, 1.165) is 17.0 Å². The van der Waals surface area contributed by atoms with Crippen molar-refractivity contribution in [3.8, 4) is 22.8 Å². The Balaban J connectivity index is 1.44. The monoisotopic (exact) mass is 400 g/mol. The quantitative estimate of drug-likeness (QED) is 0.417. The van der Waals surface area contributed by atoms with Gasteiger partial charge in [0.2, 0.25) is 0 Å². The van der Waals surface area contributed by atoms with Crippen LogP contribution in [0.4, 0.5) is 5.13 Å². The molecule has 4 nitrogen and oxygen atoms in total. The third kappa shape index (κ3) is 4.52. The molecule has 0 bridgehead atoms. The van der Waals surface area contributed by atoms with Crippen LogP contribution in [0.1, 0.15) is 21.5 Å². The van der Waals surface area contributed by atoms with Crippen LogP contribution in [-0.4, -0.2) is 10.9 Å². The normalized spacial score (nSPS) is 10.6. The third-order valence-electron chi connectivity index (χ3n) is 4.48. The molecule has 0 fully saturated rings. The van der Waals surface area contributed by atoms with Gasteiger partial charge in [0.05, 0.1) is 5.69 Å². The van der Waals surface area contributed by atoms with Crippen LogP contribution in [0.3, 0.4) is 0 Å². The van der Waals surface area contributed by atoms with Crippen LogP contribution in [0.5, 0.6) is 11.5 Å². The molecule has 1 amide bonds. The van der Waals surface area contributed by atoms with E-state index in [0.29, 0.717) is 16.4 Å². The molecule has 4 aromatic rings. The van der Waals surface area contributed by atoms with E-state index in [1.54, 1.807) is 24.3 Å². The molecule has 0 aliphatic rings. The van der Waals surface area contributed by atoms with Gasteiger partial charge >= 0.3 is 0 Å². The number of amides is 1. The van der Waals surface area contributed by atoms with Gasteiger partial charge in [0.1, 0.15) is 11.5 Å². The Morgan fingerprint density at radius 1 is 0.931 bits per heavy atom. The van der Waals surface area contributed by atoms with Crippen LogP contribution in [0.15, 0.2) is 78.2 Å². The zero-order chi connectivity index (χ0) is 20.2. The van der Waals surface area contributed by atoms with Crippen molar-refractivity contribution in [1.29, 1.82) is 0 Å². The summed E-state index contributed by atoms with van der Waals surface area (Å²) in [7, 11) is 0. The number of rotatable bonds is 5. The van der Waals surface area contributed by atoms with Crippen molar-refractivity contribution in [2.75, 3.05) is 5.32 Å². The molecule has 0 radical (unpaired) electrons. The first kappa shape index (κ1) is 18.9. The summed E-state index contributed by atoms with van der Waals surface area (Å²) in [6.45, 7) is 4.14. The lowest BCUT2D eigenvalue weighted by Gasteiger charge is -2.06. The summed E-state index contributed by atoms with van der Waals surface area (Å²) in [5.74, 6) is 1.24. The predicted octanol–water partition coefficient (Wildman–Crippen LogP) is 6.47. The summed E-state index contributed by atoms with van der Waals surface area (Å²) in [6.07, 6.45) is 0. The first-order valence-corrected chi connectivity index (χ1v) is 10.1. The lowest BCUT2D eigenvalue weighted by molar-refractivity contribution is 0.102. The highest BCUT2D eigenvalue weighted by atomic mass is 32.1. The van der Waals surface area contributed by atoms with Crippen molar-refractivity contribution in [3.05, 3.63) is 94.9 Å². The number of carbonyl (C=O) groups is 1. The Bertz CT molecular complexity index is 1140. The number of aryl methyl sites for hydroxylation is 2. The summed E-state index contributed by atoms with van der Waals surface area (Å²) in [4.78, 5) is 17.1. The minimum absolute atomic E-state index is 0.196. The highest BCUT2D eigenvalue weighted by molar-refractivity contribution is 7.14. The highest BCUT2D eigenvalue weighted by Crippen LogP contribution is 2.28. The summed E-state index contributed by atoms with van der Waals surface area (Å²) in [5.41, 5.74) is 4.88. The van der Waals surface area contributed by atoms with Gasteiger partial charge in [-0.2, -0.15) is 0 Å². The van der Waals surface area contributed by atoms with E-state index in [-0.39, 0.29) is 5.91 Å². The van der Waals surface area contributed by atoms with Gasteiger partial charge in [-0.15, -0.1) is 11.3 Å². The van der Waals surface area contributed by atoms with Crippen molar-refractivity contribution in [3.63, 3.8) is 0 Å². The van der Waals surface area contributed by atoms with E-state index in [9.17, 15) is 4.79 Å². The first-order chi connectivity index (χ1) is 14.1. The van der Waals surface area contributed by atoms with Crippen molar-refractivity contribution < 1.29 is 9.53 Å². The Hall–Kier alpha value is -3.44. The van der Waals surface area contributed by atoms with Crippen LogP contribution in [0, 0.1) is 13.8 Å². The smallest absolute Gasteiger partial charge is 0.257 e. The Labute approximate surface area is 173 Å². The lowest BCUT2D eigenvalue weighted by Crippen LogP contribution is -2.11. The Morgan fingerprint density at radius 3 is 2.38 bits per heavy atom. The molecule has 29 heavy (non-hydrogen) atoms. The van der Waals surface area contributed by atoms with Gasteiger partial charge in [0.25, 0.3) is 5.91 Å². The molecule has 0 aliphatic carbocycles. The minimum atomic E-state index is -0.196. The van der Waals surface area contributed by atoms with Crippen molar-refractivity contribution >= 4 is 22.4 Å². The maximum Gasteiger partial charge on any atom is 0.257 e. The number of para-hydroxylation sites is 1. The fourth-order valence-electron chi connectivity index (χ4n) is 3.02. The number of benzene rings is 3. The molecule has 0 saturated heterocycles. The van der Waals surface area contributed by atoms with Gasteiger partial charge < -0.3 is 4.74 Å². The SMILES string of the molecule is Cc1ccc(-c2csc(NC(=O)c3ccc(Oc4ccccc4)cc3)n2)c(C)c1. The van der Waals surface area contributed by atoms with Gasteiger partial charge in [-0.05, 0) is 55.8 Å². The molecule has 1 heterocycles. The van der Waals surface area contributed by atoms with Crippen LogP contribution in [-0.2, 0) is 0 Å². The third-order valence-corrected chi connectivity index (χ3v) is 5.24. The largest absolute Gasteiger partial charge is 0.457 e. The minimum Gasteiger partial charge on any atom is -0.457 e. The van der Waals surface area contributed by atoms with Gasteiger partial charge in [-0.25, -0.2) is 4.98 Å². The molecule has 5 heteroatoms. The van der Waals surface area contributed by atoms with E-state index < -0.39 is 0 Å². The number of carbonyl (C=O) groups excluding carboxylic acids is 1. The van der Waals surface area contributed by atoms with Crippen molar-refractivity contribution in [2.24, 2.45) is 0 Å². The fourth-order valence-corrected chi connectivity index (χ4v) is 3.73. The van der Waals surface area contributed by atoms with E-state index >= 15 is 0 Å². The second-order valence-electron chi connectivity index (χ2n) is 6.75. The number of nitrogens with zero attached hydrogens (tertiary/aromatic N) is 1. The summed E-state index contributed by atoms with van der Waals surface area (Å²) in [6, 6.07) is 22.8. The number of hydrogen-bond acceptors (Lipinski definition) is 4. The molecule has 0 spiro atoms. The zero-order valence-corrected chi connectivity index (χ0v) is 17.0. The first-order valence-electron chi connectivity index (χ1n) is 9.26. The molecule has 0 atom stereocenters. The molecule has 0 saturated carbocycles. The number of thiazole rings is 1. The maximum atomic E-state index is 12.6. The van der Waals surface area contributed by atoms with Crippen LogP contribution in [0.25, 0.3) is 11.3 Å². The maximum absolute atomic E-state index is 12.6. The number of ether oxygens (including phenoxy) is 1. The Kier molecular flexibility index (Phi) is 5.40. The molecule has 0 aliphatic heterocycles. The van der Waals surface area contributed by atoms with E-state index in [1.165, 1.54) is 22.5 Å². The van der Waals surface area contributed by atoms with Gasteiger partial charge in [-0.3, -0.25) is 10.1 Å². The standard InChI is InChI=1S/C24H20N2O2S/c1-16-8-13-21(17(2)14-16)22-15-29-24(25-22)26-23(27)18-9-11-20(12-10-18)28-19-6-4-3-5-7-19/h3-15H,1-2H3,(H,25,26,27). The van der Waals surface area contributed by atoms with Crippen LogP contribution in [0.2, 0.25) is 0 Å². The molecule has 4 rings (SSSR count). The van der Waals surface area contributed by atoms with Crippen LogP contribution < -0.4 is 10.1 Å².